The molecular formula is C22H22N2O5. The summed E-state index contributed by atoms with van der Waals surface area (Å²) in [6, 6.07) is 16.4. The number of hydrogen-bond acceptors (Lipinski definition) is 6. The summed E-state index contributed by atoms with van der Waals surface area (Å²) in [6.45, 7) is 3.39. The summed E-state index contributed by atoms with van der Waals surface area (Å²) < 4.78 is 10.3. The molecule has 0 radical (unpaired) electrons. The molecule has 7 heteroatoms. The molecule has 2 aromatic carbocycles. The lowest BCUT2D eigenvalue weighted by Crippen LogP contribution is -2.24. The Kier molecular flexibility index (Phi) is 6.29. The highest BCUT2D eigenvalue weighted by molar-refractivity contribution is 6.20. The van der Waals surface area contributed by atoms with Gasteiger partial charge < -0.3 is 20.1 Å². The van der Waals surface area contributed by atoms with Crippen LogP contribution in [0.15, 0.2) is 66.1 Å². The Morgan fingerprint density at radius 1 is 1.03 bits per heavy atom. The number of esters is 1. The smallest absolute Gasteiger partial charge is 0.347 e. The van der Waals surface area contributed by atoms with Crippen molar-refractivity contribution in [3.63, 3.8) is 0 Å². The number of ketones is 1. The van der Waals surface area contributed by atoms with E-state index in [1.165, 1.54) is 0 Å². The number of benzene rings is 2. The van der Waals surface area contributed by atoms with Crippen LogP contribution < -0.4 is 10.6 Å². The Bertz CT molecular complexity index is 933. The van der Waals surface area contributed by atoms with Crippen molar-refractivity contribution in [2.24, 2.45) is 0 Å². The van der Waals surface area contributed by atoms with Gasteiger partial charge in [-0.1, -0.05) is 44.2 Å². The van der Waals surface area contributed by atoms with E-state index in [0.29, 0.717) is 17.3 Å². The predicted octanol–water partition coefficient (Wildman–Crippen LogP) is 3.21. The first-order valence-electron chi connectivity index (χ1n) is 9.23. The number of carbonyl (C=O) groups is 3. The molecule has 2 N–H and O–H groups in total. The minimum atomic E-state index is -0.906. The second kappa shape index (κ2) is 9.05. The number of amides is 1. The molecule has 0 unspecified atom stereocenters. The lowest BCUT2D eigenvalue weighted by molar-refractivity contribution is -0.144. The zero-order chi connectivity index (χ0) is 20.8. The molecule has 7 nitrogen and oxygen atoms in total. The van der Waals surface area contributed by atoms with E-state index in [1.807, 2.05) is 18.2 Å². The molecule has 0 saturated heterocycles. The summed E-state index contributed by atoms with van der Waals surface area (Å²) in [4.78, 5) is 36.4. The minimum Gasteiger partial charge on any atom is -0.470 e. The van der Waals surface area contributed by atoms with Crippen LogP contribution in [0.4, 0.5) is 11.4 Å². The molecule has 0 spiro atoms. The highest BCUT2D eigenvalue weighted by Crippen LogP contribution is 2.21. The summed E-state index contributed by atoms with van der Waals surface area (Å²) in [7, 11) is 0. The van der Waals surface area contributed by atoms with Crippen molar-refractivity contribution in [1.29, 1.82) is 0 Å². The summed E-state index contributed by atoms with van der Waals surface area (Å²) >= 11 is 0. The number of carbonyl (C=O) groups excluding carboxylic acids is 3. The van der Waals surface area contributed by atoms with Gasteiger partial charge in [0.1, 0.15) is 0 Å². The van der Waals surface area contributed by atoms with Crippen LogP contribution in [0.1, 0.15) is 25.3 Å². The van der Waals surface area contributed by atoms with Crippen LogP contribution in [0.25, 0.3) is 0 Å². The molecular weight excluding hydrogens is 372 g/mol. The van der Waals surface area contributed by atoms with Gasteiger partial charge in [-0.05, 0) is 35.7 Å². The topological polar surface area (TPSA) is 93.7 Å². The number of hydrogen-bond donors (Lipinski definition) is 2. The van der Waals surface area contributed by atoms with E-state index in [9.17, 15) is 14.4 Å². The molecule has 0 bridgehead atoms. The van der Waals surface area contributed by atoms with Crippen LogP contribution in [-0.2, 0) is 23.9 Å². The molecule has 1 aliphatic heterocycles. The van der Waals surface area contributed by atoms with E-state index >= 15 is 0 Å². The van der Waals surface area contributed by atoms with E-state index in [-0.39, 0.29) is 18.1 Å². The van der Waals surface area contributed by atoms with Gasteiger partial charge in [0, 0.05) is 11.4 Å². The zero-order valence-corrected chi connectivity index (χ0v) is 16.2. The second-order valence-corrected chi connectivity index (χ2v) is 6.81. The lowest BCUT2D eigenvalue weighted by Gasteiger charge is -2.10. The van der Waals surface area contributed by atoms with Crippen LogP contribution in [0.5, 0.6) is 0 Å². The quantitative estimate of drug-likeness (QED) is 0.553. The number of nitrogens with one attached hydrogen (secondary N) is 2. The van der Waals surface area contributed by atoms with Crippen molar-refractivity contribution >= 4 is 29.0 Å². The van der Waals surface area contributed by atoms with E-state index in [2.05, 4.69) is 24.5 Å². The summed E-state index contributed by atoms with van der Waals surface area (Å²) in [5.74, 6) is -1.50. The molecule has 0 saturated carbocycles. The first-order chi connectivity index (χ1) is 13.9. The van der Waals surface area contributed by atoms with Gasteiger partial charge in [-0.3, -0.25) is 9.59 Å². The van der Waals surface area contributed by atoms with E-state index < -0.39 is 24.3 Å². The summed E-state index contributed by atoms with van der Waals surface area (Å²) in [6.07, 6.45) is 0. The van der Waals surface area contributed by atoms with Crippen molar-refractivity contribution in [2.75, 3.05) is 23.8 Å². The average Bonchev–Trinajstić information content (AvgIpc) is 3.07. The molecule has 0 fully saturated rings. The third-order valence-electron chi connectivity index (χ3n) is 4.28. The van der Waals surface area contributed by atoms with Crippen molar-refractivity contribution in [2.45, 2.75) is 19.8 Å². The molecule has 150 valence electrons. The van der Waals surface area contributed by atoms with Crippen molar-refractivity contribution < 1.29 is 23.9 Å². The van der Waals surface area contributed by atoms with Crippen LogP contribution in [0.2, 0.25) is 0 Å². The van der Waals surface area contributed by atoms with Gasteiger partial charge in [0.15, 0.2) is 18.8 Å². The number of para-hydroxylation sites is 1. The Labute approximate surface area is 168 Å². The second-order valence-electron chi connectivity index (χ2n) is 6.81. The number of Topliss-reactive ketones (excluding diaryl/α,β-unsaturated/α-hetero) is 1. The SMILES string of the molecule is CC(C)c1ccc(NC(=O)COC(=O)C2=C(Nc3ccccc3)OCC2=O)cc1. The van der Waals surface area contributed by atoms with Crippen molar-refractivity contribution in [1.82, 2.24) is 0 Å². The first kappa shape index (κ1) is 20.1. The number of anilines is 2. The Hall–Kier alpha value is -3.61. The third-order valence-corrected chi connectivity index (χ3v) is 4.28. The Morgan fingerprint density at radius 2 is 1.72 bits per heavy atom. The summed E-state index contributed by atoms with van der Waals surface area (Å²) in [5, 5.41) is 5.53. The number of ether oxygens (including phenoxy) is 2. The largest absolute Gasteiger partial charge is 0.470 e. The van der Waals surface area contributed by atoms with Gasteiger partial charge >= 0.3 is 5.97 Å². The molecule has 1 heterocycles. The Morgan fingerprint density at radius 3 is 2.38 bits per heavy atom. The monoisotopic (exact) mass is 394 g/mol. The molecule has 1 amide bonds. The van der Waals surface area contributed by atoms with E-state index in [4.69, 9.17) is 9.47 Å². The van der Waals surface area contributed by atoms with E-state index in [1.54, 1.807) is 36.4 Å². The fourth-order valence-electron chi connectivity index (χ4n) is 2.72. The maximum absolute atomic E-state index is 12.3. The predicted molar refractivity (Wildman–Crippen MR) is 108 cm³/mol. The van der Waals surface area contributed by atoms with Crippen LogP contribution in [0, 0.1) is 0 Å². The van der Waals surface area contributed by atoms with Crippen molar-refractivity contribution in [3.05, 3.63) is 71.6 Å². The Balaban J connectivity index is 1.59. The summed E-state index contributed by atoms with van der Waals surface area (Å²) in [5.41, 5.74) is 2.17. The molecule has 0 aliphatic carbocycles. The standard InChI is InChI=1S/C22H22N2O5/c1-14(2)15-8-10-17(11-9-15)23-19(26)13-29-22(27)20-18(25)12-28-21(20)24-16-6-4-3-5-7-16/h3-11,14,24H,12-13H2,1-2H3,(H,23,26). The number of rotatable bonds is 7. The van der Waals surface area contributed by atoms with Gasteiger partial charge in [0.25, 0.3) is 5.91 Å². The van der Waals surface area contributed by atoms with Gasteiger partial charge in [-0.25, -0.2) is 4.79 Å². The molecule has 3 rings (SSSR count). The lowest BCUT2D eigenvalue weighted by atomic mass is 10.0. The molecule has 0 atom stereocenters. The van der Waals surface area contributed by atoms with Crippen molar-refractivity contribution in [3.8, 4) is 0 Å². The zero-order valence-electron chi connectivity index (χ0n) is 16.2. The highest BCUT2D eigenvalue weighted by atomic mass is 16.5. The van der Waals surface area contributed by atoms with Crippen LogP contribution in [-0.4, -0.2) is 30.9 Å². The maximum Gasteiger partial charge on any atom is 0.347 e. The third kappa shape index (κ3) is 5.22. The van der Waals surface area contributed by atoms with Gasteiger partial charge in [-0.15, -0.1) is 0 Å². The van der Waals surface area contributed by atoms with Gasteiger partial charge in [0.05, 0.1) is 0 Å². The van der Waals surface area contributed by atoms with Gasteiger partial charge in [0.2, 0.25) is 11.7 Å². The van der Waals surface area contributed by atoms with Crippen LogP contribution in [0.3, 0.4) is 0 Å². The van der Waals surface area contributed by atoms with E-state index in [0.717, 1.165) is 5.56 Å². The fourth-order valence-corrected chi connectivity index (χ4v) is 2.72. The first-order valence-corrected chi connectivity index (χ1v) is 9.23. The average molecular weight is 394 g/mol. The molecule has 29 heavy (non-hydrogen) atoms. The molecule has 2 aromatic rings. The molecule has 0 aromatic heterocycles. The van der Waals surface area contributed by atoms with Crippen LogP contribution >= 0.6 is 0 Å². The normalized spacial score (nSPS) is 13.3. The highest BCUT2D eigenvalue weighted by Gasteiger charge is 2.32. The fraction of sp³-hybridized carbons (Fsp3) is 0.227. The van der Waals surface area contributed by atoms with Gasteiger partial charge in [-0.2, -0.15) is 0 Å². The molecule has 1 aliphatic rings. The maximum atomic E-state index is 12.3. The minimum absolute atomic E-state index is 0.0240.